The first kappa shape index (κ1) is 33.4. The van der Waals surface area contributed by atoms with Crippen LogP contribution in [-0.4, -0.2) is 71.8 Å². The van der Waals surface area contributed by atoms with Gasteiger partial charge < -0.3 is 29.0 Å². The van der Waals surface area contributed by atoms with Gasteiger partial charge in [-0.05, 0) is 37.1 Å². The van der Waals surface area contributed by atoms with Crippen molar-refractivity contribution in [3.05, 3.63) is 53.9 Å². The maximum atomic E-state index is 13.4. The minimum absolute atomic E-state index is 0.0706. The van der Waals surface area contributed by atoms with Crippen LogP contribution in [0.25, 0.3) is 0 Å². The third kappa shape index (κ3) is 9.18. The number of thioether (sulfide) groups is 1. The molecule has 0 radical (unpaired) electrons. The Balaban J connectivity index is 1.88. The van der Waals surface area contributed by atoms with E-state index in [1.54, 1.807) is 26.0 Å². The highest BCUT2D eigenvalue weighted by molar-refractivity contribution is 8.13. The van der Waals surface area contributed by atoms with Gasteiger partial charge >= 0.3 is 23.2 Å². The second-order valence-corrected chi connectivity index (χ2v) is 11.1. The van der Waals surface area contributed by atoms with E-state index in [2.05, 4.69) is 10.3 Å². The van der Waals surface area contributed by atoms with Gasteiger partial charge in [0, 0.05) is 18.0 Å². The number of ether oxygens (including phenoxy) is 5. The van der Waals surface area contributed by atoms with Gasteiger partial charge in [-0.25, -0.2) is 14.6 Å². The van der Waals surface area contributed by atoms with Gasteiger partial charge in [0.2, 0.25) is 5.75 Å². The van der Waals surface area contributed by atoms with E-state index in [-0.39, 0.29) is 23.6 Å². The lowest BCUT2D eigenvalue weighted by atomic mass is 9.91. The second kappa shape index (κ2) is 15.9. The molecule has 1 aromatic heterocycles. The van der Waals surface area contributed by atoms with Crippen LogP contribution in [0.5, 0.6) is 11.5 Å². The Morgan fingerprint density at radius 1 is 1.12 bits per heavy atom. The van der Waals surface area contributed by atoms with Crippen LogP contribution in [0, 0.1) is 11.8 Å². The highest BCUT2D eigenvalue weighted by Crippen LogP contribution is 2.31. The van der Waals surface area contributed by atoms with E-state index in [0.29, 0.717) is 5.75 Å². The Hall–Kier alpha value is -4.13. The van der Waals surface area contributed by atoms with Crippen LogP contribution in [0.3, 0.4) is 0 Å². The molecule has 1 aliphatic heterocycles. The van der Waals surface area contributed by atoms with Gasteiger partial charge in [-0.3, -0.25) is 14.4 Å². The summed E-state index contributed by atoms with van der Waals surface area (Å²) in [4.78, 5) is 68.9. The number of rotatable bonds is 10. The molecule has 2 aromatic rings. The number of carbonyl (C=O) groups excluding carboxylic acids is 5. The maximum absolute atomic E-state index is 13.4. The lowest BCUT2D eigenvalue weighted by Gasteiger charge is -2.29. The van der Waals surface area contributed by atoms with Crippen molar-refractivity contribution in [2.45, 2.75) is 58.8 Å². The number of hydrogen-bond donors (Lipinski definition) is 1. The number of nitrogens with zero attached hydrogens (tertiary/aromatic N) is 1. The smallest absolute Gasteiger partial charge is 0.372 e. The highest BCUT2D eigenvalue weighted by atomic mass is 32.2. The van der Waals surface area contributed by atoms with Gasteiger partial charge in [-0.15, -0.1) is 0 Å². The van der Waals surface area contributed by atoms with Gasteiger partial charge in [0.1, 0.15) is 18.6 Å². The number of carbonyl (C=O) groups is 5. The lowest BCUT2D eigenvalue weighted by molar-refractivity contribution is -0.176. The molecule has 2 unspecified atom stereocenters. The third-order valence-electron chi connectivity index (χ3n) is 6.38. The first-order valence-electron chi connectivity index (χ1n) is 13.9. The normalized spacial score (nSPS) is 20.5. The number of methoxy groups -OCH3 is 1. The fourth-order valence-corrected chi connectivity index (χ4v) is 4.64. The zero-order valence-corrected chi connectivity index (χ0v) is 25.5. The molecule has 1 fully saturated rings. The van der Waals surface area contributed by atoms with Crippen molar-refractivity contribution in [2.24, 2.45) is 11.8 Å². The van der Waals surface area contributed by atoms with E-state index in [4.69, 9.17) is 23.7 Å². The zero-order valence-electron chi connectivity index (χ0n) is 24.7. The predicted molar refractivity (Wildman–Crippen MR) is 156 cm³/mol. The van der Waals surface area contributed by atoms with Crippen molar-refractivity contribution in [2.75, 3.05) is 19.5 Å². The molecule has 1 saturated heterocycles. The molecule has 1 aliphatic rings. The Bertz CT molecular complexity index is 1300. The minimum Gasteiger partial charge on any atom is -0.493 e. The number of benzene rings is 1. The summed E-state index contributed by atoms with van der Waals surface area (Å²) in [6, 6.07) is 9.02. The molecule has 3 rings (SSSR count). The van der Waals surface area contributed by atoms with Crippen LogP contribution in [0.1, 0.15) is 50.2 Å². The summed E-state index contributed by atoms with van der Waals surface area (Å²) in [6.07, 6.45) is -0.0890. The number of amides is 1. The van der Waals surface area contributed by atoms with E-state index in [0.717, 1.165) is 23.7 Å². The fourth-order valence-electron chi connectivity index (χ4n) is 4.13. The number of pyridine rings is 1. The van der Waals surface area contributed by atoms with Crippen molar-refractivity contribution in [3.63, 3.8) is 0 Å². The first-order chi connectivity index (χ1) is 20.5. The first-order valence-corrected chi connectivity index (χ1v) is 14.8. The molecule has 4 atom stereocenters. The summed E-state index contributed by atoms with van der Waals surface area (Å²) in [7, 11) is 1.33. The van der Waals surface area contributed by atoms with Crippen molar-refractivity contribution < 1.29 is 47.7 Å². The SMILES string of the molecule is CCCSC(=O)Oc1c(OC)ccnc1C(=O)NC1COC(=O)[C@H](Cc2ccccc2)C(OC(=O)C(C)C)[C@H](C)OC1=O. The summed E-state index contributed by atoms with van der Waals surface area (Å²) in [5.41, 5.74) is 0.448. The average Bonchev–Trinajstić information content (AvgIpc) is 3.02. The number of hydrogen-bond acceptors (Lipinski definition) is 12. The van der Waals surface area contributed by atoms with Crippen molar-refractivity contribution in [3.8, 4) is 11.5 Å². The quantitative estimate of drug-likeness (QED) is 0.305. The van der Waals surface area contributed by atoms with Gasteiger partial charge in [0.05, 0.1) is 13.0 Å². The molecule has 232 valence electrons. The van der Waals surface area contributed by atoms with Crippen LogP contribution in [0.4, 0.5) is 4.79 Å². The van der Waals surface area contributed by atoms with Crippen LogP contribution < -0.4 is 14.8 Å². The van der Waals surface area contributed by atoms with Crippen LogP contribution in [-0.2, 0) is 35.0 Å². The maximum Gasteiger partial charge on any atom is 0.372 e. The summed E-state index contributed by atoms with van der Waals surface area (Å²) in [5.74, 6) is -4.33. The third-order valence-corrected chi connectivity index (χ3v) is 7.31. The van der Waals surface area contributed by atoms with Crippen molar-refractivity contribution in [1.29, 1.82) is 0 Å². The van der Waals surface area contributed by atoms with E-state index >= 15 is 0 Å². The molecule has 2 heterocycles. The average molecular weight is 617 g/mol. The number of esters is 3. The van der Waals surface area contributed by atoms with E-state index in [1.165, 1.54) is 26.3 Å². The topological polar surface area (TPSA) is 156 Å². The molecule has 12 nitrogen and oxygen atoms in total. The standard InChI is InChI=1S/C30H36N2O10S/c1-6-14-43-30(37)42-25-22(38-5)12-13-31-23(25)26(33)32-21-16-39-28(35)20(15-19-10-8-7-9-11-19)24(18(4)40-29(21)36)41-27(34)17(2)3/h7-13,17-18,20-21,24H,6,14-16H2,1-5H3,(H,32,33)/t18-,20+,21?,24?/m0/s1. The Kier molecular flexibility index (Phi) is 12.4. The molecule has 0 bridgehead atoms. The second-order valence-electron chi connectivity index (χ2n) is 10.0. The van der Waals surface area contributed by atoms with Gasteiger partial charge in [-0.2, -0.15) is 0 Å². The number of nitrogens with one attached hydrogen (secondary N) is 1. The molecule has 1 aromatic carbocycles. The molecular weight excluding hydrogens is 580 g/mol. The van der Waals surface area contributed by atoms with Gasteiger partial charge in [-0.1, -0.05) is 51.1 Å². The van der Waals surface area contributed by atoms with Crippen LogP contribution in [0.2, 0.25) is 0 Å². The molecule has 13 heteroatoms. The predicted octanol–water partition coefficient (Wildman–Crippen LogP) is 3.75. The molecule has 1 amide bonds. The molecule has 43 heavy (non-hydrogen) atoms. The van der Waals surface area contributed by atoms with E-state index < -0.39 is 65.8 Å². The van der Waals surface area contributed by atoms with Crippen LogP contribution >= 0.6 is 11.8 Å². The van der Waals surface area contributed by atoms with E-state index in [9.17, 15) is 24.0 Å². The summed E-state index contributed by atoms with van der Waals surface area (Å²) in [5, 5.41) is 1.79. The lowest BCUT2D eigenvalue weighted by Crippen LogP contribution is -2.47. The highest BCUT2D eigenvalue weighted by Gasteiger charge is 2.42. The molecule has 0 spiro atoms. The fraction of sp³-hybridized carbons (Fsp3) is 0.467. The monoisotopic (exact) mass is 616 g/mol. The number of aromatic nitrogens is 1. The molecule has 1 N–H and O–H groups in total. The molecule has 0 aliphatic carbocycles. The molecular formula is C30H36N2O10S. The zero-order chi connectivity index (χ0) is 31.5. The summed E-state index contributed by atoms with van der Waals surface area (Å²) < 4.78 is 27.4. The largest absolute Gasteiger partial charge is 0.493 e. The molecule has 0 saturated carbocycles. The van der Waals surface area contributed by atoms with Gasteiger partial charge in [0.25, 0.3) is 5.91 Å². The van der Waals surface area contributed by atoms with Crippen molar-refractivity contribution in [1.82, 2.24) is 10.3 Å². The van der Waals surface area contributed by atoms with Crippen molar-refractivity contribution >= 4 is 40.9 Å². The summed E-state index contributed by atoms with van der Waals surface area (Å²) in [6.45, 7) is 6.11. The van der Waals surface area contributed by atoms with Gasteiger partial charge in [0.15, 0.2) is 23.6 Å². The Morgan fingerprint density at radius 3 is 2.49 bits per heavy atom. The summed E-state index contributed by atoms with van der Waals surface area (Å²) >= 11 is 0.918. The Labute approximate surface area is 254 Å². The van der Waals surface area contributed by atoms with E-state index in [1.807, 2.05) is 25.1 Å². The van der Waals surface area contributed by atoms with Crippen LogP contribution in [0.15, 0.2) is 42.6 Å². The minimum atomic E-state index is -1.46. The Morgan fingerprint density at radius 2 is 1.84 bits per heavy atom. The number of cyclic esters (lactones) is 2.